The first-order valence-corrected chi connectivity index (χ1v) is 5.87. The van der Waals surface area contributed by atoms with E-state index in [1.165, 1.54) is 7.11 Å². The molecule has 0 saturated heterocycles. The van der Waals surface area contributed by atoms with Crippen molar-refractivity contribution >= 4 is 17.7 Å². The third-order valence-electron chi connectivity index (χ3n) is 2.15. The van der Waals surface area contributed by atoms with Gasteiger partial charge in [0.25, 0.3) is 0 Å². The van der Waals surface area contributed by atoms with E-state index in [0.29, 0.717) is 5.56 Å². The van der Waals surface area contributed by atoms with E-state index in [9.17, 15) is 4.79 Å². The fraction of sp³-hybridized carbons (Fsp3) is 0.0769. The molecule has 0 aliphatic carbocycles. The maximum atomic E-state index is 11.2. The van der Waals surface area contributed by atoms with E-state index in [0.717, 1.165) is 9.79 Å². The number of ether oxygens (including phenoxy) is 1. The van der Waals surface area contributed by atoms with Gasteiger partial charge in [0.15, 0.2) is 0 Å². The molecule has 0 atom stereocenters. The van der Waals surface area contributed by atoms with Crippen molar-refractivity contribution in [3.8, 4) is 0 Å². The summed E-state index contributed by atoms with van der Waals surface area (Å²) in [6, 6.07) is 11.2. The highest BCUT2D eigenvalue weighted by Crippen LogP contribution is 2.26. The molecule has 1 aromatic heterocycles. The number of pyridine rings is 1. The SMILES string of the molecule is COC(=O)c1ccc(Sc2cccnc2)cc1. The van der Waals surface area contributed by atoms with E-state index < -0.39 is 0 Å². The molecule has 2 aromatic rings. The third kappa shape index (κ3) is 3.07. The molecule has 17 heavy (non-hydrogen) atoms. The van der Waals surface area contributed by atoms with Gasteiger partial charge in [-0.25, -0.2) is 4.79 Å². The van der Waals surface area contributed by atoms with Crippen LogP contribution in [0.25, 0.3) is 0 Å². The first kappa shape index (κ1) is 11.7. The summed E-state index contributed by atoms with van der Waals surface area (Å²) in [5.74, 6) is -0.317. The van der Waals surface area contributed by atoms with Gasteiger partial charge < -0.3 is 4.74 Å². The van der Waals surface area contributed by atoms with Crippen molar-refractivity contribution in [1.29, 1.82) is 0 Å². The minimum atomic E-state index is -0.317. The zero-order valence-corrected chi connectivity index (χ0v) is 10.1. The highest BCUT2D eigenvalue weighted by Gasteiger charge is 2.04. The summed E-state index contributed by atoms with van der Waals surface area (Å²) in [5.41, 5.74) is 0.558. The average Bonchev–Trinajstić information content (AvgIpc) is 2.40. The molecule has 0 spiro atoms. The van der Waals surface area contributed by atoms with Crippen LogP contribution in [0.5, 0.6) is 0 Å². The zero-order chi connectivity index (χ0) is 12.1. The lowest BCUT2D eigenvalue weighted by Crippen LogP contribution is -2.00. The minimum absolute atomic E-state index is 0.317. The maximum absolute atomic E-state index is 11.2. The molecule has 0 N–H and O–H groups in total. The molecule has 0 radical (unpaired) electrons. The first-order chi connectivity index (χ1) is 8.29. The van der Waals surface area contributed by atoms with E-state index in [2.05, 4.69) is 9.72 Å². The highest BCUT2D eigenvalue weighted by atomic mass is 32.2. The van der Waals surface area contributed by atoms with E-state index >= 15 is 0 Å². The molecule has 86 valence electrons. The van der Waals surface area contributed by atoms with Crippen LogP contribution in [-0.2, 0) is 4.74 Å². The number of hydrogen-bond acceptors (Lipinski definition) is 4. The van der Waals surface area contributed by atoms with Crippen molar-refractivity contribution in [1.82, 2.24) is 4.98 Å². The van der Waals surface area contributed by atoms with Gasteiger partial charge in [-0.15, -0.1) is 0 Å². The Morgan fingerprint density at radius 1 is 1.18 bits per heavy atom. The van der Waals surface area contributed by atoms with Gasteiger partial charge in [0, 0.05) is 22.2 Å². The number of rotatable bonds is 3. The van der Waals surface area contributed by atoms with Crippen molar-refractivity contribution in [2.24, 2.45) is 0 Å². The van der Waals surface area contributed by atoms with Gasteiger partial charge in [-0.2, -0.15) is 0 Å². The normalized spacial score (nSPS) is 9.94. The first-order valence-electron chi connectivity index (χ1n) is 5.06. The Kier molecular flexibility index (Phi) is 3.77. The fourth-order valence-electron chi connectivity index (χ4n) is 1.32. The predicted molar refractivity (Wildman–Crippen MR) is 66.1 cm³/mol. The number of methoxy groups -OCH3 is 1. The van der Waals surface area contributed by atoms with Gasteiger partial charge in [0.2, 0.25) is 0 Å². The molecule has 1 heterocycles. The summed E-state index contributed by atoms with van der Waals surface area (Å²) in [4.78, 5) is 17.4. The lowest BCUT2D eigenvalue weighted by atomic mass is 10.2. The second-order valence-electron chi connectivity index (χ2n) is 3.31. The predicted octanol–water partition coefficient (Wildman–Crippen LogP) is 3.02. The van der Waals surface area contributed by atoms with Crippen molar-refractivity contribution in [3.05, 3.63) is 54.4 Å². The molecule has 0 unspecified atom stereocenters. The third-order valence-corrected chi connectivity index (χ3v) is 3.13. The molecule has 0 amide bonds. The lowest BCUT2D eigenvalue weighted by Gasteiger charge is -2.02. The Labute approximate surface area is 104 Å². The number of carbonyl (C=O) groups is 1. The number of benzene rings is 1. The minimum Gasteiger partial charge on any atom is -0.465 e. The van der Waals surface area contributed by atoms with Crippen LogP contribution in [0.3, 0.4) is 0 Å². The van der Waals surface area contributed by atoms with Crippen LogP contribution in [0.1, 0.15) is 10.4 Å². The van der Waals surface area contributed by atoms with Gasteiger partial charge in [-0.3, -0.25) is 4.98 Å². The van der Waals surface area contributed by atoms with Crippen molar-refractivity contribution in [2.75, 3.05) is 7.11 Å². The van der Waals surface area contributed by atoms with Gasteiger partial charge in [0.1, 0.15) is 0 Å². The van der Waals surface area contributed by atoms with Crippen LogP contribution in [0.15, 0.2) is 58.6 Å². The number of aromatic nitrogens is 1. The van der Waals surface area contributed by atoms with E-state index in [-0.39, 0.29) is 5.97 Å². The summed E-state index contributed by atoms with van der Waals surface area (Å²) in [5, 5.41) is 0. The van der Waals surface area contributed by atoms with Crippen molar-refractivity contribution in [2.45, 2.75) is 9.79 Å². The van der Waals surface area contributed by atoms with E-state index in [4.69, 9.17) is 0 Å². The molecular formula is C13H11NO2S. The molecule has 3 nitrogen and oxygen atoms in total. The average molecular weight is 245 g/mol. The van der Waals surface area contributed by atoms with Gasteiger partial charge >= 0.3 is 5.97 Å². The zero-order valence-electron chi connectivity index (χ0n) is 9.29. The summed E-state index contributed by atoms with van der Waals surface area (Å²) in [6.07, 6.45) is 3.54. The Hall–Kier alpha value is -1.81. The largest absolute Gasteiger partial charge is 0.465 e. The van der Waals surface area contributed by atoms with Crippen LogP contribution in [-0.4, -0.2) is 18.1 Å². The number of nitrogens with zero attached hydrogens (tertiary/aromatic N) is 1. The molecule has 0 aliphatic rings. The van der Waals surface area contributed by atoms with E-state index in [1.54, 1.807) is 36.3 Å². The molecule has 1 aromatic carbocycles. The monoisotopic (exact) mass is 245 g/mol. The summed E-state index contributed by atoms with van der Waals surface area (Å²) < 4.78 is 4.64. The fourth-order valence-corrected chi connectivity index (χ4v) is 2.12. The Morgan fingerprint density at radius 3 is 2.53 bits per heavy atom. The molecule has 0 aliphatic heterocycles. The van der Waals surface area contributed by atoms with Crippen LogP contribution in [0, 0.1) is 0 Å². The summed E-state index contributed by atoms with van der Waals surface area (Å²) in [7, 11) is 1.38. The van der Waals surface area contributed by atoms with Gasteiger partial charge in [-0.05, 0) is 36.4 Å². The van der Waals surface area contributed by atoms with Crippen LogP contribution in [0.2, 0.25) is 0 Å². The van der Waals surface area contributed by atoms with Crippen LogP contribution >= 0.6 is 11.8 Å². The molecule has 2 rings (SSSR count). The molecule has 4 heteroatoms. The Balaban J connectivity index is 2.11. The topological polar surface area (TPSA) is 39.2 Å². The summed E-state index contributed by atoms with van der Waals surface area (Å²) >= 11 is 1.60. The van der Waals surface area contributed by atoms with Crippen molar-refractivity contribution < 1.29 is 9.53 Å². The second kappa shape index (κ2) is 5.50. The smallest absolute Gasteiger partial charge is 0.337 e. The Bertz CT molecular complexity index is 497. The quantitative estimate of drug-likeness (QED) is 0.779. The van der Waals surface area contributed by atoms with Crippen LogP contribution in [0.4, 0.5) is 0 Å². The maximum Gasteiger partial charge on any atom is 0.337 e. The molecule has 0 fully saturated rings. The highest BCUT2D eigenvalue weighted by molar-refractivity contribution is 7.99. The number of esters is 1. The number of hydrogen-bond donors (Lipinski definition) is 0. The molecular weight excluding hydrogens is 234 g/mol. The summed E-state index contributed by atoms with van der Waals surface area (Å²) in [6.45, 7) is 0. The van der Waals surface area contributed by atoms with Crippen molar-refractivity contribution in [3.63, 3.8) is 0 Å². The van der Waals surface area contributed by atoms with Gasteiger partial charge in [-0.1, -0.05) is 11.8 Å². The lowest BCUT2D eigenvalue weighted by molar-refractivity contribution is 0.0600. The number of carbonyl (C=O) groups excluding carboxylic acids is 1. The second-order valence-corrected chi connectivity index (χ2v) is 4.45. The standard InChI is InChI=1S/C13H11NO2S/c1-16-13(15)10-4-6-11(7-5-10)17-12-3-2-8-14-9-12/h2-9H,1H3. The van der Waals surface area contributed by atoms with E-state index in [1.807, 2.05) is 24.3 Å². The van der Waals surface area contributed by atoms with Crippen LogP contribution < -0.4 is 0 Å². The van der Waals surface area contributed by atoms with Gasteiger partial charge in [0.05, 0.1) is 12.7 Å². The Morgan fingerprint density at radius 2 is 1.94 bits per heavy atom. The molecule has 0 bridgehead atoms. The molecule has 0 saturated carbocycles.